The van der Waals surface area contributed by atoms with Crippen LogP contribution < -0.4 is 5.32 Å². The number of hydrogen-bond acceptors (Lipinski definition) is 5. The highest BCUT2D eigenvalue weighted by Crippen LogP contribution is 2.43. The van der Waals surface area contributed by atoms with Crippen LogP contribution in [0.5, 0.6) is 0 Å². The van der Waals surface area contributed by atoms with E-state index in [9.17, 15) is 19.4 Å². The molecule has 8 nitrogen and oxygen atoms in total. The summed E-state index contributed by atoms with van der Waals surface area (Å²) in [5.74, 6) is -0.133. The average Bonchev–Trinajstić information content (AvgIpc) is 3.39. The van der Waals surface area contributed by atoms with Crippen molar-refractivity contribution < 1.29 is 32.9 Å². The van der Waals surface area contributed by atoms with Gasteiger partial charge in [0.15, 0.2) is 0 Å². The summed E-state index contributed by atoms with van der Waals surface area (Å²) in [5.41, 5.74) is 0. The number of rotatable bonds is 66. The molecule has 0 aliphatic carbocycles. The number of likely N-dealkylation sites (N-methyl/N-ethyl adjacent to an activating group) is 1. The van der Waals surface area contributed by atoms with Crippen molar-refractivity contribution in [3.05, 3.63) is 0 Å². The maximum absolute atomic E-state index is 13.1. The number of aliphatic hydroxyl groups is 1. The van der Waals surface area contributed by atoms with Crippen molar-refractivity contribution in [2.45, 2.75) is 392 Å². The van der Waals surface area contributed by atoms with Crippen molar-refractivity contribution in [2.75, 3.05) is 40.9 Å². The number of amides is 1. The van der Waals surface area contributed by atoms with Gasteiger partial charge in [-0.3, -0.25) is 13.8 Å². The molecule has 0 aromatic heterocycles. The molecule has 3 N–H and O–H groups in total. The van der Waals surface area contributed by atoms with Crippen LogP contribution in [0.2, 0.25) is 0 Å². The lowest BCUT2D eigenvalue weighted by Gasteiger charge is -2.26. The molecule has 0 fully saturated rings. The molecular weight excluding hydrogens is 972 g/mol. The molecule has 0 radical (unpaired) electrons. The summed E-state index contributed by atoms with van der Waals surface area (Å²) in [6.07, 6.45) is 74.9. The summed E-state index contributed by atoms with van der Waals surface area (Å²) < 4.78 is 23.9. The van der Waals surface area contributed by atoms with E-state index in [0.29, 0.717) is 23.9 Å². The van der Waals surface area contributed by atoms with Crippen molar-refractivity contribution in [3.63, 3.8) is 0 Å². The van der Waals surface area contributed by atoms with Crippen LogP contribution in [0.1, 0.15) is 380 Å². The average molecular weight is 1110 g/mol. The number of unbranched alkanes of at least 4 members (excludes halogenated alkanes) is 53. The van der Waals surface area contributed by atoms with Crippen LogP contribution in [-0.4, -0.2) is 73.4 Å². The zero-order chi connectivity index (χ0) is 56.3. The van der Waals surface area contributed by atoms with E-state index >= 15 is 0 Å². The van der Waals surface area contributed by atoms with Gasteiger partial charge in [0.05, 0.1) is 39.9 Å². The van der Waals surface area contributed by atoms with Crippen LogP contribution in [0.25, 0.3) is 0 Å². The highest BCUT2D eigenvalue weighted by atomic mass is 31.2. The predicted molar refractivity (Wildman–Crippen MR) is 337 cm³/mol. The summed E-state index contributed by atoms with van der Waals surface area (Å²) >= 11 is 0. The lowest BCUT2D eigenvalue weighted by molar-refractivity contribution is -0.870. The standard InChI is InChI=1S/C68H139N2O6P/c1-6-8-10-12-14-16-18-20-22-24-26-28-30-32-33-34-35-36-37-38-39-41-43-45-47-49-51-53-55-57-59-61-67(71)66(65-76-77(73,74)75-64-63-70(3,4)5)69-68(72)62-60-58-56-54-52-50-48-46-44-42-40-31-29-27-25-23-21-19-17-15-13-11-9-7-2/h66-67,71H,6-65H2,1-5H3,(H-,69,72,73,74)/p+1. The van der Waals surface area contributed by atoms with Gasteiger partial charge in [0.25, 0.3) is 0 Å². The number of nitrogens with one attached hydrogen (secondary N) is 1. The summed E-state index contributed by atoms with van der Waals surface area (Å²) in [6.45, 7) is 4.97. The van der Waals surface area contributed by atoms with Gasteiger partial charge in [0, 0.05) is 6.42 Å². The number of nitrogens with zero attached hydrogens (tertiary/aromatic N) is 1. The number of aliphatic hydroxyl groups excluding tert-OH is 1. The molecule has 0 bridgehead atoms. The molecule has 77 heavy (non-hydrogen) atoms. The van der Waals surface area contributed by atoms with Gasteiger partial charge in [-0.05, 0) is 12.8 Å². The zero-order valence-electron chi connectivity index (χ0n) is 53.0. The molecule has 0 aliphatic heterocycles. The maximum Gasteiger partial charge on any atom is 0.472 e. The second-order valence-corrected chi connectivity index (χ2v) is 27.1. The molecule has 0 saturated carbocycles. The third-order valence-corrected chi connectivity index (χ3v) is 17.6. The van der Waals surface area contributed by atoms with Crippen LogP contribution in [0.4, 0.5) is 0 Å². The first kappa shape index (κ1) is 76.5. The second kappa shape index (κ2) is 60.1. The molecule has 0 rings (SSSR count). The van der Waals surface area contributed by atoms with Crippen molar-refractivity contribution in [2.24, 2.45) is 0 Å². The number of phosphoric ester groups is 1. The summed E-state index contributed by atoms with van der Waals surface area (Å²) in [4.78, 5) is 23.4. The molecule has 9 heteroatoms. The normalized spacial score (nSPS) is 13.6. The molecule has 0 aromatic carbocycles. The van der Waals surface area contributed by atoms with Gasteiger partial charge in [0.2, 0.25) is 5.91 Å². The van der Waals surface area contributed by atoms with Crippen molar-refractivity contribution in [3.8, 4) is 0 Å². The van der Waals surface area contributed by atoms with Crippen LogP contribution in [0.15, 0.2) is 0 Å². The Morgan fingerprint density at radius 2 is 0.623 bits per heavy atom. The first-order valence-electron chi connectivity index (χ1n) is 34.9. The Balaban J connectivity index is 3.98. The minimum atomic E-state index is -4.32. The number of phosphoric acid groups is 1. The van der Waals surface area contributed by atoms with E-state index in [0.717, 1.165) is 38.5 Å². The monoisotopic (exact) mass is 1110 g/mol. The van der Waals surface area contributed by atoms with E-state index in [-0.39, 0.29) is 19.1 Å². The van der Waals surface area contributed by atoms with Gasteiger partial charge in [-0.25, -0.2) is 4.57 Å². The molecule has 1 amide bonds. The number of carbonyl (C=O) groups excluding carboxylic acids is 1. The zero-order valence-corrected chi connectivity index (χ0v) is 53.9. The molecular formula is C68H140N2O6P+. The van der Waals surface area contributed by atoms with E-state index < -0.39 is 20.0 Å². The van der Waals surface area contributed by atoms with Gasteiger partial charge >= 0.3 is 7.82 Å². The van der Waals surface area contributed by atoms with Crippen molar-refractivity contribution in [1.82, 2.24) is 5.32 Å². The quantitative estimate of drug-likeness (QED) is 0.0318. The third-order valence-electron chi connectivity index (χ3n) is 16.6. The number of quaternary nitrogens is 1. The first-order chi connectivity index (χ1) is 37.5. The molecule has 462 valence electrons. The van der Waals surface area contributed by atoms with Crippen LogP contribution in [0.3, 0.4) is 0 Å². The highest BCUT2D eigenvalue weighted by molar-refractivity contribution is 7.47. The Morgan fingerprint density at radius 1 is 0.390 bits per heavy atom. The first-order valence-corrected chi connectivity index (χ1v) is 36.4. The molecule has 0 saturated heterocycles. The minimum Gasteiger partial charge on any atom is -0.391 e. The second-order valence-electron chi connectivity index (χ2n) is 25.6. The predicted octanol–water partition coefficient (Wildman–Crippen LogP) is 21.9. The van der Waals surface area contributed by atoms with Crippen LogP contribution in [0, 0.1) is 0 Å². The highest BCUT2D eigenvalue weighted by Gasteiger charge is 2.28. The van der Waals surface area contributed by atoms with E-state index in [4.69, 9.17) is 9.05 Å². The Bertz CT molecular complexity index is 1220. The van der Waals surface area contributed by atoms with Gasteiger partial charge in [-0.1, -0.05) is 361 Å². The number of carbonyl (C=O) groups is 1. The molecule has 3 atom stereocenters. The van der Waals surface area contributed by atoms with E-state index in [1.807, 2.05) is 21.1 Å². The topological polar surface area (TPSA) is 105 Å². The van der Waals surface area contributed by atoms with Gasteiger partial charge in [-0.2, -0.15) is 0 Å². The number of hydrogen-bond donors (Lipinski definition) is 3. The summed E-state index contributed by atoms with van der Waals surface area (Å²) in [5, 5.41) is 14.2. The minimum absolute atomic E-state index is 0.0795. The smallest absolute Gasteiger partial charge is 0.391 e. The van der Waals surface area contributed by atoms with Crippen molar-refractivity contribution >= 4 is 13.7 Å². The Hall–Kier alpha value is -0.500. The summed E-state index contributed by atoms with van der Waals surface area (Å²) in [7, 11) is 1.64. The van der Waals surface area contributed by atoms with Crippen LogP contribution >= 0.6 is 7.82 Å². The van der Waals surface area contributed by atoms with Gasteiger partial charge in [0.1, 0.15) is 13.2 Å². The van der Waals surface area contributed by atoms with E-state index in [2.05, 4.69) is 19.2 Å². The molecule has 3 unspecified atom stereocenters. The van der Waals surface area contributed by atoms with E-state index in [1.165, 1.54) is 315 Å². The molecule has 0 aliphatic rings. The summed E-state index contributed by atoms with van der Waals surface area (Å²) in [6, 6.07) is -0.757. The van der Waals surface area contributed by atoms with E-state index in [1.54, 1.807) is 0 Å². The fraction of sp³-hybridized carbons (Fsp3) is 0.985. The van der Waals surface area contributed by atoms with Gasteiger partial charge in [-0.15, -0.1) is 0 Å². The maximum atomic E-state index is 13.1. The van der Waals surface area contributed by atoms with Crippen molar-refractivity contribution in [1.29, 1.82) is 0 Å². The molecule has 0 heterocycles. The Labute approximate surface area is 482 Å². The van der Waals surface area contributed by atoms with Gasteiger partial charge < -0.3 is 19.8 Å². The third kappa shape index (κ3) is 62.9. The lowest BCUT2D eigenvalue weighted by Crippen LogP contribution is -2.46. The lowest BCUT2D eigenvalue weighted by atomic mass is 10.0. The fourth-order valence-corrected chi connectivity index (χ4v) is 11.9. The molecule has 0 aromatic rings. The van der Waals surface area contributed by atoms with Crippen LogP contribution in [-0.2, 0) is 18.4 Å². The Morgan fingerprint density at radius 3 is 0.870 bits per heavy atom. The fourth-order valence-electron chi connectivity index (χ4n) is 11.2. The molecule has 0 spiro atoms. The SMILES string of the molecule is CCCCCCCCCCCCCCCCCCCCCCCCCCCCCCCCCC(O)C(COP(=O)(O)OCC[N+](C)(C)C)NC(=O)CCCCCCCCCCCCCCCCCCCCCCCCCC. The Kier molecular flexibility index (Phi) is 59.7. The largest absolute Gasteiger partial charge is 0.472 e.